The lowest BCUT2D eigenvalue weighted by molar-refractivity contribution is -0.121. The van der Waals surface area contributed by atoms with E-state index >= 15 is 0 Å². The number of carbonyl (C=O) groups excluding carboxylic acids is 1. The fourth-order valence-corrected chi connectivity index (χ4v) is 2.91. The fourth-order valence-electron chi connectivity index (χ4n) is 2.91. The Hall–Kier alpha value is -1.35. The first-order chi connectivity index (χ1) is 9.74. The predicted molar refractivity (Wildman–Crippen MR) is 80.4 cm³/mol. The molecule has 110 valence electrons. The van der Waals surface area contributed by atoms with Gasteiger partial charge in [0.1, 0.15) is 0 Å². The highest BCUT2D eigenvalue weighted by Gasteiger charge is 2.16. The van der Waals surface area contributed by atoms with Crippen LogP contribution in [0.4, 0.5) is 0 Å². The number of nitrogens with one attached hydrogen (secondary N) is 1. The van der Waals surface area contributed by atoms with E-state index in [2.05, 4.69) is 5.32 Å². The molecule has 0 saturated heterocycles. The summed E-state index contributed by atoms with van der Waals surface area (Å²) in [5.41, 5.74) is 1.10. The van der Waals surface area contributed by atoms with E-state index in [1.54, 1.807) is 0 Å². The second kappa shape index (κ2) is 8.05. The van der Waals surface area contributed by atoms with Crippen molar-refractivity contribution in [2.45, 2.75) is 51.0 Å². The molecule has 0 aliphatic heterocycles. The van der Waals surface area contributed by atoms with Crippen molar-refractivity contribution in [1.29, 1.82) is 0 Å². The molecule has 1 aliphatic carbocycles. The van der Waals surface area contributed by atoms with Crippen LogP contribution in [0.15, 0.2) is 30.3 Å². The molecule has 0 bridgehead atoms. The lowest BCUT2D eigenvalue weighted by Gasteiger charge is -2.13. The molecule has 0 radical (unpaired) electrons. The van der Waals surface area contributed by atoms with Crippen molar-refractivity contribution in [2.75, 3.05) is 6.54 Å². The van der Waals surface area contributed by atoms with Gasteiger partial charge in [0.2, 0.25) is 5.91 Å². The molecule has 0 aromatic heterocycles. The number of hydrogen-bond acceptors (Lipinski definition) is 2. The van der Waals surface area contributed by atoms with Crippen LogP contribution >= 0.6 is 0 Å². The summed E-state index contributed by atoms with van der Waals surface area (Å²) in [6.07, 6.45) is 6.89. The number of rotatable bonds is 7. The molecule has 2 rings (SSSR count). The van der Waals surface area contributed by atoms with Crippen LogP contribution in [-0.2, 0) is 11.2 Å². The maximum atomic E-state index is 11.7. The van der Waals surface area contributed by atoms with Crippen LogP contribution in [0.2, 0.25) is 0 Å². The number of aliphatic hydroxyl groups excluding tert-OH is 1. The van der Waals surface area contributed by atoms with Gasteiger partial charge < -0.3 is 10.4 Å². The molecule has 1 aliphatic rings. The molecule has 20 heavy (non-hydrogen) atoms. The van der Waals surface area contributed by atoms with E-state index in [1.165, 1.54) is 25.7 Å². The lowest BCUT2D eigenvalue weighted by atomic mass is 10.0. The van der Waals surface area contributed by atoms with Gasteiger partial charge in [-0.15, -0.1) is 0 Å². The van der Waals surface area contributed by atoms with Gasteiger partial charge in [-0.2, -0.15) is 0 Å². The molecule has 1 amide bonds. The van der Waals surface area contributed by atoms with Crippen LogP contribution in [0, 0.1) is 5.92 Å². The molecular weight excluding hydrogens is 250 g/mol. The predicted octanol–water partition coefficient (Wildman–Crippen LogP) is 2.68. The van der Waals surface area contributed by atoms with Crippen LogP contribution in [0.25, 0.3) is 0 Å². The van der Waals surface area contributed by atoms with Crippen molar-refractivity contribution in [3.63, 3.8) is 0 Å². The number of aliphatic hydroxyl groups is 1. The molecule has 1 saturated carbocycles. The Morgan fingerprint density at radius 3 is 2.65 bits per heavy atom. The second-order valence-corrected chi connectivity index (χ2v) is 5.84. The van der Waals surface area contributed by atoms with E-state index in [9.17, 15) is 9.90 Å². The number of hydrogen-bond donors (Lipinski definition) is 2. The summed E-state index contributed by atoms with van der Waals surface area (Å²) in [7, 11) is 0. The molecule has 0 heterocycles. The minimum absolute atomic E-state index is 0.0732. The van der Waals surface area contributed by atoms with E-state index in [0.717, 1.165) is 17.9 Å². The van der Waals surface area contributed by atoms with E-state index in [4.69, 9.17) is 0 Å². The highest BCUT2D eigenvalue weighted by molar-refractivity contribution is 5.75. The monoisotopic (exact) mass is 275 g/mol. The Morgan fingerprint density at radius 1 is 1.25 bits per heavy atom. The Bertz CT molecular complexity index is 399. The molecule has 3 nitrogen and oxygen atoms in total. The van der Waals surface area contributed by atoms with Gasteiger partial charge in [0, 0.05) is 19.4 Å². The van der Waals surface area contributed by atoms with Crippen molar-refractivity contribution in [3.05, 3.63) is 35.9 Å². The third-order valence-electron chi connectivity index (χ3n) is 4.10. The molecule has 1 aromatic rings. The summed E-state index contributed by atoms with van der Waals surface area (Å²) < 4.78 is 0. The molecule has 1 aromatic carbocycles. The molecule has 1 fully saturated rings. The molecule has 1 unspecified atom stereocenters. The molecular formula is C17H25NO2. The van der Waals surface area contributed by atoms with Crippen molar-refractivity contribution < 1.29 is 9.90 Å². The summed E-state index contributed by atoms with van der Waals surface area (Å²) in [6, 6.07) is 9.86. The van der Waals surface area contributed by atoms with E-state index in [0.29, 0.717) is 19.4 Å². The van der Waals surface area contributed by atoms with Gasteiger partial charge in [0.05, 0.1) is 6.10 Å². The molecule has 2 N–H and O–H groups in total. The average molecular weight is 275 g/mol. The first-order valence-corrected chi connectivity index (χ1v) is 7.72. The topological polar surface area (TPSA) is 49.3 Å². The van der Waals surface area contributed by atoms with Gasteiger partial charge in [-0.05, 0) is 17.9 Å². The van der Waals surface area contributed by atoms with Gasteiger partial charge in [-0.25, -0.2) is 0 Å². The van der Waals surface area contributed by atoms with Crippen LogP contribution in [0.5, 0.6) is 0 Å². The van der Waals surface area contributed by atoms with Gasteiger partial charge in [-0.1, -0.05) is 56.0 Å². The van der Waals surface area contributed by atoms with Crippen molar-refractivity contribution in [1.82, 2.24) is 5.32 Å². The first kappa shape index (κ1) is 15.0. The highest BCUT2D eigenvalue weighted by atomic mass is 16.3. The summed E-state index contributed by atoms with van der Waals surface area (Å²) in [5.74, 6) is 0.819. The van der Waals surface area contributed by atoms with Crippen LogP contribution in [0.3, 0.4) is 0 Å². The third-order valence-corrected chi connectivity index (χ3v) is 4.10. The maximum Gasteiger partial charge on any atom is 0.220 e. The molecule has 1 atom stereocenters. The van der Waals surface area contributed by atoms with E-state index < -0.39 is 6.10 Å². The third kappa shape index (κ3) is 5.33. The van der Waals surface area contributed by atoms with Crippen LogP contribution < -0.4 is 5.32 Å². The number of amides is 1. The minimum Gasteiger partial charge on any atom is -0.391 e. The van der Waals surface area contributed by atoms with Gasteiger partial charge >= 0.3 is 0 Å². The van der Waals surface area contributed by atoms with Gasteiger partial charge in [0.25, 0.3) is 0 Å². The van der Waals surface area contributed by atoms with Crippen LogP contribution in [0.1, 0.15) is 44.1 Å². The summed E-state index contributed by atoms with van der Waals surface area (Å²) in [4.78, 5) is 11.7. The standard InChI is InChI=1S/C17H25NO2/c19-16(12-15-8-2-1-3-9-15)13-18-17(20)11-10-14-6-4-5-7-14/h1-3,8-9,14,16,19H,4-7,10-13H2,(H,18,20). The number of benzene rings is 1. The summed E-state index contributed by atoms with van der Waals surface area (Å²) in [6.45, 7) is 0.346. The fraction of sp³-hybridized carbons (Fsp3) is 0.588. The maximum absolute atomic E-state index is 11.7. The lowest BCUT2D eigenvalue weighted by Crippen LogP contribution is -2.33. The smallest absolute Gasteiger partial charge is 0.220 e. The van der Waals surface area contributed by atoms with E-state index in [1.807, 2.05) is 30.3 Å². The largest absolute Gasteiger partial charge is 0.391 e. The Labute approximate surface area is 121 Å². The Kier molecular flexibility index (Phi) is 6.06. The average Bonchev–Trinajstić information content (AvgIpc) is 2.97. The molecule has 3 heteroatoms. The Morgan fingerprint density at radius 2 is 1.95 bits per heavy atom. The van der Waals surface area contributed by atoms with Crippen LogP contribution in [-0.4, -0.2) is 23.7 Å². The second-order valence-electron chi connectivity index (χ2n) is 5.84. The quantitative estimate of drug-likeness (QED) is 0.804. The van der Waals surface area contributed by atoms with Crippen molar-refractivity contribution >= 4 is 5.91 Å². The van der Waals surface area contributed by atoms with Crippen molar-refractivity contribution in [3.8, 4) is 0 Å². The van der Waals surface area contributed by atoms with Crippen molar-refractivity contribution in [2.24, 2.45) is 5.92 Å². The zero-order valence-electron chi connectivity index (χ0n) is 12.1. The molecule has 0 spiro atoms. The Balaban J connectivity index is 1.60. The van der Waals surface area contributed by atoms with Gasteiger partial charge in [0.15, 0.2) is 0 Å². The SMILES string of the molecule is O=C(CCC1CCCC1)NCC(O)Cc1ccccc1. The van der Waals surface area contributed by atoms with Gasteiger partial charge in [-0.3, -0.25) is 4.79 Å². The zero-order valence-corrected chi connectivity index (χ0v) is 12.1. The summed E-state index contributed by atoms with van der Waals surface area (Å²) in [5, 5.41) is 12.8. The first-order valence-electron chi connectivity index (χ1n) is 7.72. The summed E-state index contributed by atoms with van der Waals surface area (Å²) >= 11 is 0. The minimum atomic E-state index is -0.507. The highest BCUT2D eigenvalue weighted by Crippen LogP contribution is 2.28. The zero-order chi connectivity index (χ0) is 14.2. The normalized spacial score (nSPS) is 17.1. The number of carbonyl (C=O) groups is 1. The van der Waals surface area contributed by atoms with E-state index in [-0.39, 0.29) is 5.91 Å².